The highest BCUT2D eigenvalue weighted by Gasteiger charge is 2.38. The molecule has 1 aromatic rings. The second-order valence-electron chi connectivity index (χ2n) is 6.04. The van der Waals surface area contributed by atoms with Crippen molar-refractivity contribution in [2.45, 2.75) is 38.3 Å². The summed E-state index contributed by atoms with van der Waals surface area (Å²) in [5, 5.41) is 3.30. The smallest absolute Gasteiger partial charge is 0.163 e. The van der Waals surface area contributed by atoms with Gasteiger partial charge in [-0.1, -0.05) is 19.1 Å². The summed E-state index contributed by atoms with van der Waals surface area (Å²) in [5.74, 6) is -0.643. The molecule has 3 rings (SSSR count). The van der Waals surface area contributed by atoms with E-state index >= 15 is 0 Å². The van der Waals surface area contributed by atoms with Gasteiger partial charge >= 0.3 is 0 Å². The maximum Gasteiger partial charge on any atom is 0.163 e. The number of nitrogens with one attached hydrogen (secondary N) is 1. The van der Waals surface area contributed by atoms with E-state index in [-0.39, 0.29) is 6.04 Å². The molecule has 2 aliphatic rings. The molecule has 1 aromatic carbocycles. The minimum atomic E-state index is -0.756. The summed E-state index contributed by atoms with van der Waals surface area (Å²) in [6.45, 7) is 4.64. The van der Waals surface area contributed by atoms with Crippen molar-refractivity contribution in [3.63, 3.8) is 0 Å². The molecule has 3 atom stereocenters. The van der Waals surface area contributed by atoms with Gasteiger partial charge in [0.1, 0.15) is 0 Å². The number of halogens is 2. The van der Waals surface area contributed by atoms with Gasteiger partial charge in [0.15, 0.2) is 11.6 Å². The predicted octanol–water partition coefficient (Wildman–Crippen LogP) is 3.10. The molecule has 1 saturated carbocycles. The van der Waals surface area contributed by atoms with Gasteiger partial charge in [0, 0.05) is 30.7 Å². The third kappa shape index (κ3) is 2.59. The van der Waals surface area contributed by atoms with E-state index in [2.05, 4.69) is 10.2 Å². The molecule has 4 heteroatoms. The monoisotopic (exact) mass is 280 g/mol. The predicted molar refractivity (Wildman–Crippen MR) is 75.5 cm³/mol. The SMILES string of the molecule is CCNC(CN1CC2CCC1C2)c1cccc(F)c1F. The van der Waals surface area contributed by atoms with Crippen molar-refractivity contribution < 1.29 is 8.78 Å². The van der Waals surface area contributed by atoms with E-state index in [0.29, 0.717) is 11.6 Å². The first kappa shape index (κ1) is 14.0. The van der Waals surface area contributed by atoms with Crippen LogP contribution in [-0.2, 0) is 0 Å². The molecule has 0 amide bonds. The van der Waals surface area contributed by atoms with Crippen molar-refractivity contribution >= 4 is 0 Å². The lowest BCUT2D eigenvalue weighted by Gasteiger charge is -2.31. The van der Waals surface area contributed by atoms with E-state index < -0.39 is 11.6 Å². The van der Waals surface area contributed by atoms with Crippen molar-refractivity contribution in [3.05, 3.63) is 35.4 Å². The van der Waals surface area contributed by atoms with Gasteiger partial charge in [-0.3, -0.25) is 4.90 Å². The summed E-state index contributed by atoms with van der Waals surface area (Å²) >= 11 is 0. The summed E-state index contributed by atoms with van der Waals surface area (Å²) in [7, 11) is 0. The highest BCUT2D eigenvalue weighted by Crippen LogP contribution is 2.38. The summed E-state index contributed by atoms with van der Waals surface area (Å²) in [5.41, 5.74) is 0.453. The van der Waals surface area contributed by atoms with Crippen LogP contribution in [0.4, 0.5) is 8.78 Å². The van der Waals surface area contributed by atoms with Crippen LogP contribution >= 0.6 is 0 Å². The molecule has 1 aliphatic carbocycles. The summed E-state index contributed by atoms with van der Waals surface area (Å²) < 4.78 is 27.4. The maximum absolute atomic E-state index is 14.0. The number of rotatable bonds is 5. The molecule has 2 fully saturated rings. The van der Waals surface area contributed by atoms with Gasteiger partial charge in [0.05, 0.1) is 0 Å². The van der Waals surface area contributed by atoms with Crippen molar-refractivity contribution in [1.29, 1.82) is 0 Å². The van der Waals surface area contributed by atoms with E-state index in [1.54, 1.807) is 12.1 Å². The molecule has 1 saturated heterocycles. The van der Waals surface area contributed by atoms with Crippen LogP contribution in [0.2, 0.25) is 0 Å². The highest BCUT2D eigenvalue weighted by molar-refractivity contribution is 5.23. The minimum absolute atomic E-state index is 0.130. The van der Waals surface area contributed by atoms with Gasteiger partial charge in [-0.05, 0) is 37.8 Å². The lowest BCUT2D eigenvalue weighted by molar-refractivity contribution is 0.190. The number of likely N-dealkylation sites (N-methyl/N-ethyl adjacent to an activating group) is 1. The molecule has 0 spiro atoms. The number of piperidine rings is 1. The molecule has 2 nitrogen and oxygen atoms in total. The maximum atomic E-state index is 14.0. The van der Waals surface area contributed by atoms with Crippen LogP contribution in [0.15, 0.2) is 18.2 Å². The molecule has 20 heavy (non-hydrogen) atoms. The van der Waals surface area contributed by atoms with Gasteiger partial charge in [-0.2, -0.15) is 0 Å². The Hall–Kier alpha value is -1.00. The first-order valence-electron chi connectivity index (χ1n) is 7.60. The Morgan fingerprint density at radius 1 is 1.35 bits per heavy atom. The molecule has 1 N–H and O–H groups in total. The quantitative estimate of drug-likeness (QED) is 0.891. The zero-order valence-corrected chi connectivity index (χ0v) is 11.9. The standard InChI is InChI=1S/C16H22F2N2/c1-2-19-15(13-4-3-5-14(17)16(13)18)10-20-9-11-6-7-12(20)8-11/h3-5,11-12,15,19H,2,6-10H2,1H3. The lowest BCUT2D eigenvalue weighted by Crippen LogP contribution is -2.40. The Bertz CT molecular complexity index is 478. The van der Waals surface area contributed by atoms with E-state index in [1.807, 2.05) is 6.92 Å². The van der Waals surface area contributed by atoms with Crippen LogP contribution < -0.4 is 5.32 Å². The first-order valence-corrected chi connectivity index (χ1v) is 7.60. The Labute approximate surface area is 119 Å². The molecule has 3 unspecified atom stereocenters. The highest BCUT2D eigenvalue weighted by atomic mass is 19.2. The fourth-order valence-corrected chi connectivity index (χ4v) is 3.79. The summed E-state index contributed by atoms with van der Waals surface area (Å²) in [6, 6.07) is 4.99. The number of fused-ring (bicyclic) bond motifs is 2. The van der Waals surface area contributed by atoms with Gasteiger partial charge < -0.3 is 5.32 Å². The second-order valence-corrected chi connectivity index (χ2v) is 6.04. The van der Waals surface area contributed by atoms with Gasteiger partial charge in [0.2, 0.25) is 0 Å². The number of likely N-dealkylation sites (tertiary alicyclic amines) is 1. The number of hydrogen-bond donors (Lipinski definition) is 1. The molecular weight excluding hydrogens is 258 g/mol. The molecular formula is C16H22F2N2. The van der Waals surface area contributed by atoms with Gasteiger partial charge in [-0.15, -0.1) is 0 Å². The molecule has 1 heterocycles. The third-order valence-corrected chi connectivity index (χ3v) is 4.75. The number of hydrogen-bond acceptors (Lipinski definition) is 2. The van der Waals surface area contributed by atoms with E-state index in [0.717, 1.165) is 25.6 Å². The molecule has 110 valence electrons. The van der Waals surface area contributed by atoms with Crippen LogP contribution in [0.1, 0.15) is 37.8 Å². The largest absolute Gasteiger partial charge is 0.309 e. The first-order chi connectivity index (χ1) is 9.69. The molecule has 0 radical (unpaired) electrons. The Kier molecular flexibility index (Phi) is 4.03. The summed E-state index contributed by atoms with van der Waals surface area (Å²) in [4.78, 5) is 2.45. The fraction of sp³-hybridized carbons (Fsp3) is 0.625. The Morgan fingerprint density at radius 2 is 2.20 bits per heavy atom. The van der Waals surface area contributed by atoms with E-state index in [9.17, 15) is 8.78 Å². The normalized spacial score (nSPS) is 27.1. The van der Waals surface area contributed by atoms with Crippen LogP contribution in [0.5, 0.6) is 0 Å². The average Bonchev–Trinajstić information content (AvgIpc) is 3.04. The van der Waals surface area contributed by atoms with Gasteiger partial charge in [-0.25, -0.2) is 8.78 Å². The Morgan fingerprint density at radius 3 is 2.85 bits per heavy atom. The van der Waals surface area contributed by atoms with Crippen molar-refractivity contribution in [2.75, 3.05) is 19.6 Å². The van der Waals surface area contributed by atoms with Crippen molar-refractivity contribution in [3.8, 4) is 0 Å². The minimum Gasteiger partial charge on any atom is -0.309 e. The topological polar surface area (TPSA) is 15.3 Å². The van der Waals surface area contributed by atoms with Crippen LogP contribution in [-0.4, -0.2) is 30.6 Å². The molecule has 1 aliphatic heterocycles. The summed E-state index contributed by atoms with van der Waals surface area (Å²) in [6.07, 6.45) is 3.88. The number of nitrogens with zero attached hydrogens (tertiary/aromatic N) is 1. The van der Waals surface area contributed by atoms with E-state index in [1.165, 1.54) is 25.3 Å². The zero-order valence-electron chi connectivity index (χ0n) is 11.9. The van der Waals surface area contributed by atoms with Gasteiger partial charge in [0.25, 0.3) is 0 Å². The van der Waals surface area contributed by atoms with Crippen LogP contribution in [0, 0.1) is 17.6 Å². The number of benzene rings is 1. The van der Waals surface area contributed by atoms with Crippen molar-refractivity contribution in [1.82, 2.24) is 10.2 Å². The lowest BCUT2D eigenvalue weighted by atomic mass is 10.0. The fourth-order valence-electron chi connectivity index (χ4n) is 3.79. The third-order valence-electron chi connectivity index (χ3n) is 4.75. The van der Waals surface area contributed by atoms with Crippen LogP contribution in [0.25, 0.3) is 0 Å². The van der Waals surface area contributed by atoms with Crippen LogP contribution in [0.3, 0.4) is 0 Å². The molecule has 2 bridgehead atoms. The van der Waals surface area contributed by atoms with Crippen molar-refractivity contribution in [2.24, 2.45) is 5.92 Å². The average molecular weight is 280 g/mol. The second kappa shape index (κ2) is 5.78. The molecule has 0 aromatic heterocycles. The van der Waals surface area contributed by atoms with E-state index in [4.69, 9.17) is 0 Å². The zero-order chi connectivity index (χ0) is 14.1. The Balaban J connectivity index is 1.77.